The van der Waals surface area contributed by atoms with Crippen LogP contribution in [0.25, 0.3) is 0 Å². The molecule has 0 unspecified atom stereocenters. The first kappa shape index (κ1) is 10.9. The Labute approximate surface area is 101 Å². The van der Waals surface area contributed by atoms with Crippen molar-refractivity contribution in [3.63, 3.8) is 0 Å². The number of pyridine rings is 1. The van der Waals surface area contributed by atoms with Gasteiger partial charge in [0.2, 0.25) is 0 Å². The summed E-state index contributed by atoms with van der Waals surface area (Å²) in [5.74, 6) is -0.0320. The van der Waals surface area contributed by atoms with Crippen LogP contribution in [-0.4, -0.2) is 20.7 Å². The first-order valence-electron chi connectivity index (χ1n) is 4.64. The zero-order chi connectivity index (χ0) is 11.4. The lowest BCUT2D eigenvalue weighted by Gasteiger charge is -1.99. The molecule has 2 aromatic rings. The molecule has 0 amide bonds. The molecule has 2 rings (SSSR count). The van der Waals surface area contributed by atoms with Gasteiger partial charge in [-0.25, -0.2) is 9.97 Å². The second kappa shape index (κ2) is 4.94. The molecule has 2 heterocycles. The molecule has 0 saturated carbocycles. The van der Waals surface area contributed by atoms with E-state index in [1.165, 1.54) is 18.7 Å². The zero-order valence-corrected chi connectivity index (χ0v) is 9.89. The highest BCUT2D eigenvalue weighted by Crippen LogP contribution is 2.09. The van der Waals surface area contributed by atoms with E-state index in [1.54, 1.807) is 6.20 Å². The monoisotopic (exact) mass is 277 g/mol. The van der Waals surface area contributed by atoms with Crippen LogP contribution in [0.4, 0.5) is 0 Å². The van der Waals surface area contributed by atoms with Crippen molar-refractivity contribution in [2.75, 3.05) is 0 Å². The minimum absolute atomic E-state index is 0.0320. The van der Waals surface area contributed by atoms with E-state index in [0.29, 0.717) is 5.56 Å². The van der Waals surface area contributed by atoms with Gasteiger partial charge in [-0.3, -0.25) is 9.78 Å². The summed E-state index contributed by atoms with van der Waals surface area (Å²) < 4.78 is 0.895. The summed E-state index contributed by atoms with van der Waals surface area (Å²) in [6, 6.07) is 3.67. The predicted molar refractivity (Wildman–Crippen MR) is 62.0 cm³/mol. The number of hydrogen-bond donors (Lipinski definition) is 0. The maximum Gasteiger partial charge on any atom is 0.171 e. The lowest BCUT2D eigenvalue weighted by Crippen LogP contribution is -2.05. The SMILES string of the molecule is O=C(Cc1ccc(Br)cn1)c1cncnc1. The van der Waals surface area contributed by atoms with Gasteiger partial charge in [0, 0.05) is 28.8 Å². The molecular weight excluding hydrogens is 270 g/mol. The fourth-order valence-corrected chi connectivity index (χ4v) is 1.46. The summed E-state index contributed by atoms with van der Waals surface area (Å²) in [5, 5.41) is 0. The maximum atomic E-state index is 11.8. The Morgan fingerprint density at radius 3 is 2.56 bits per heavy atom. The molecule has 0 aromatic carbocycles. The summed E-state index contributed by atoms with van der Waals surface area (Å²) >= 11 is 3.29. The largest absolute Gasteiger partial charge is 0.294 e. The summed E-state index contributed by atoms with van der Waals surface area (Å²) in [4.78, 5) is 23.5. The first-order chi connectivity index (χ1) is 7.75. The molecule has 0 N–H and O–H groups in total. The molecule has 0 fully saturated rings. The van der Waals surface area contributed by atoms with Gasteiger partial charge in [0.1, 0.15) is 6.33 Å². The van der Waals surface area contributed by atoms with Crippen LogP contribution >= 0.6 is 15.9 Å². The van der Waals surface area contributed by atoms with E-state index in [-0.39, 0.29) is 12.2 Å². The third kappa shape index (κ3) is 2.70. The van der Waals surface area contributed by atoms with Gasteiger partial charge in [-0.1, -0.05) is 0 Å². The number of Topliss-reactive ketones (excluding diaryl/α,β-unsaturated/α-hetero) is 1. The van der Waals surface area contributed by atoms with E-state index in [1.807, 2.05) is 12.1 Å². The lowest BCUT2D eigenvalue weighted by atomic mass is 10.1. The van der Waals surface area contributed by atoms with Crippen molar-refractivity contribution >= 4 is 21.7 Å². The molecule has 0 saturated heterocycles. The molecule has 0 aliphatic carbocycles. The van der Waals surface area contributed by atoms with E-state index >= 15 is 0 Å². The highest BCUT2D eigenvalue weighted by atomic mass is 79.9. The second-order valence-corrected chi connectivity index (χ2v) is 4.11. The van der Waals surface area contributed by atoms with E-state index in [4.69, 9.17) is 0 Å². The van der Waals surface area contributed by atoms with Crippen molar-refractivity contribution < 1.29 is 4.79 Å². The third-order valence-corrected chi connectivity index (χ3v) is 2.48. The highest BCUT2D eigenvalue weighted by molar-refractivity contribution is 9.10. The van der Waals surface area contributed by atoms with Crippen LogP contribution in [0.15, 0.2) is 41.5 Å². The fraction of sp³-hybridized carbons (Fsp3) is 0.0909. The average Bonchev–Trinajstić information content (AvgIpc) is 2.33. The Morgan fingerprint density at radius 2 is 1.94 bits per heavy atom. The van der Waals surface area contributed by atoms with Crippen molar-refractivity contribution in [3.8, 4) is 0 Å². The quantitative estimate of drug-likeness (QED) is 0.806. The molecule has 0 spiro atoms. The molecule has 0 bridgehead atoms. The smallest absolute Gasteiger partial charge is 0.171 e. The molecule has 2 aromatic heterocycles. The standard InChI is InChI=1S/C11H8BrN3O/c12-9-1-2-10(15-6-9)3-11(16)8-4-13-7-14-5-8/h1-2,4-7H,3H2. The van der Waals surface area contributed by atoms with Gasteiger partial charge in [-0.15, -0.1) is 0 Å². The van der Waals surface area contributed by atoms with Crippen molar-refractivity contribution in [3.05, 3.63) is 52.8 Å². The number of nitrogens with zero attached hydrogens (tertiary/aromatic N) is 3. The number of aromatic nitrogens is 3. The minimum atomic E-state index is -0.0320. The van der Waals surface area contributed by atoms with Gasteiger partial charge in [0.25, 0.3) is 0 Å². The molecule has 16 heavy (non-hydrogen) atoms. The second-order valence-electron chi connectivity index (χ2n) is 3.19. The van der Waals surface area contributed by atoms with Gasteiger partial charge in [0.15, 0.2) is 5.78 Å². The zero-order valence-electron chi connectivity index (χ0n) is 8.30. The average molecular weight is 278 g/mol. The molecule has 0 radical (unpaired) electrons. The number of rotatable bonds is 3. The van der Waals surface area contributed by atoms with Crippen molar-refractivity contribution in [2.24, 2.45) is 0 Å². The number of hydrogen-bond acceptors (Lipinski definition) is 4. The van der Waals surface area contributed by atoms with Gasteiger partial charge in [-0.2, -0.15) is 0 Å². The summed E-state index contributed by atoms with van der Waals surface area (Å²) in [5.41, 5.74) is 1.24. The number of halogens is 1. The molecule has 80 valence electrons. The summed E-state index contributed by atoms with van der Waals surface area (Å²) in [7, 11) is 0. The Balaban J connectivity index is 2.11. The molecule has 5 heteroatoms. The first-order valence-corrected chi connectivity index (χ1v) is 5.43. The van der Waals surface area contributed by atoms with Crippen LogP contribution in [0.3, 0.4) is 0 Å². The number of carbonyl (C=O) groups excluding carboxylic acids is 1. The van der Waals surface area contributed by atoms with Gasteiger partial charge in [0.05, 0.1) is 12.0 Å². The predicted octanol–water partition coefficient (Wildman–Crippen LogP) is 2.06. The van der Waals surface area contributed by atoms with Crippen LogP contribution in [-0.2, 0) is 6.42 Å². The molecule has 0 aliphatic heterocycles. The van der Waals surface area contributed by atoms with Crippen LogP contribution in [0.1, 0.15) is 16.1 Å². The Bertz CT molecular complexity index is 484. The normalized spacial score (nSPS) is 10.1. The Hall–Kier alpha value is -1.62. The molecule has 0 aliphatic rings. The van der Waals surface area contributed by atoms with Crippen LogP contribution in [0.5, 0.6) is 0 Å². The molecular formula is C11H8BrN3O. The van der Waals surface area contributed by atoms with Crippen molar-refractivity contribution in [1.29, 1.82) is 0 Å². The van der Waals surface area contributed by atoms with Gasteiger partial charge < -0.3 is 0 Å². The van der Waals surface area contributed by atoms with E-state index in [0.717, 1.165) is 10.2 Å². The van der Waals surface area contributed by atoms with E-state index in [2.05, 4.69) is 30.9 Å². The molecule has 4 nitrogen and oxygen atoms in total. The summed E-state index contributed by atoms with van der Waals surface area (Å²) in [6.45, 7) is 0. The number of carbonyl (C=O) groups is 1. The lowest BCUT2D eigenvalue weighted by molar-refractivity contribution is 0.0991. The van der Waals surface area contributed by atoms with Crippen LogP contribution < -0.4 is 0 Å². The van der Waals surface area contributed by atoms with Crippen molar-refractivity contribution in [2.45, 2.75) is 6.42 Å². The summed E-state index contributed by atoms with van der Waals surface area (Å²) in [6.07, 6.45) is 6.35. The topological polar surface area (TPSA) is 55.7 Å². The Kier molecular flexibility index (Phi) is 3.36. The van der Waals surface area contributed by atoms with Gasteiger partial charge >= 0.3 is 0 Å². The van der Waals surface area contributed by atoms with E-state index in [9.17, 15) is 4.79 Å². The number of ketones is 1. The fourth-order valence-electron chi connectivity index (χ4n) is 1.22. The Morgan fingerprint density at radius 1 is 1.19 bits per heavy atom. The highest BCUT2D eigenvalue weighted by Gasteiger charge is 2.07. The van der Waals surface area contributed by atoms with Crippen molar-refractivity contribution in [1.82, 2.24) is 15.0 Å². The van der Waals surface area contributed by atoms with Gasteiger partial charge in [-0.05, 0) is 28.1 Å². The van der Waals surface area contributed by atoms with Crippen LogP contribution in [0.2, 0.25) is 0 Å². The van der Waals surface area contributed by atoms with Crippen LogP contribution in [0, 0.1) is 0 Å². The van der Waals surface area contributed by atoms with E-state index < -0.39 is 0 Å². The molecule has 0 atom stereocenters. The minimum Gasteiger partial charge on any atom is -0.294 e. The maximum absolute atomic E-state index is 11.8. The third-order valence-electron chi connectivity index (χ3n) is 2.01.